The van der Waals surface area contributed by atoms with Crippen LogP contribution in [0, 0.1) is 0 Å². The molecule has 36 heavy (non-hydrogen) atoms. The Morgan fingerprint density at radius 2 is 1.56 bits per heavy atom. The van der Waals surface area contributed by atoms with Gasteiger partial charge in [-0.1, -0.05) is 29.8 Å². The molecule has 0 aliphatic rings. The molecule has 3 aromatic carbocycles. The first kappa shape index (κ1) is 25.1. The van der Waals surface area contributed by atoms with E-state index in [4.69, 9.17) is 16.3 Å². The number of aromatic nitrogens is 2. The molecule has 1 heterocycles. The van der Waals surface area contributed by atoms with Crippen molar-refractivity contribution in [1.82, 2.24) is 9.78 Å². The number of anilines is 1. The molecule has 4 rings (SSSR count). The summed E-state index contributed by atoms with van der Waals surface area (Å²) in [7, 11) is 0. The molecule has 186 valence electrons. The van der Waals surface area contributed by atoms with Gasteiger partial charge in [0.05, 0.1) is 22.0 Å². The summed E-state index contributed by atoms with van der Waals surface area (Å²) in [5.74, 6) is 0.00285. The van der Waals surface area contributed by atoms with Crippen molar-refractivity contribution in [2.75, 3.05) is 5.32 Å². The smallest absolute Gasteiger partial charge is 0.410 e. The van der Waals surface area contributed by atoms with E-state index in [0.717, 1.165) is 28.9 Å². The third-order valence-electron chi connectivity index (χ3n) is 4.88. The fourth-order valence-electron chi connectivity index (χ4n) is 3.25. The molecule has 0 unspecified atom stereocenters. The van der Waals surface area contributed by atoms with E-state index in [9.17, 15) is 31.1 Å². The van der Waals surface area contributed by atoms with Crippen LogP contribution in [0.25, 0.3) is 16.9 Å². The van der Waals surface area contributed by atoms with Crippen LogP contribution in [0.4, 0.5) is 36.8 Å². The fraction of sp³-hybridized carbons (Fsp3) is 0.0833. The van der Waals surface area contributed by atoms with Gasteiger partial charge in [0, 0.05) is 11.3 Å². The minimum absolute atomic E-state index is 0.00285. The molecule has 0 spiro atoms. The van der Waals surface area contributed by atoms with Gasteiger partial charge in [-0.15, -0.1) is 0 Å². The standard InChI is InChI=1S/C24H14ClF6N3O2/c25-18-6-1-2-7-19(18)34-20(13-21(33-34)24(29,30)31)14-8-10-17(11-9-14)36-22(35)32-16-5-3-4-15(12-16)23(26,27)28/h1-13H,(H,32,35). The lowest BCUT2D eigenvalue weighted by atomic mass is 10.1. The highest BCUT2D eigenvalue weighted by atomic mass is 35.5. The second-order valence-electron chi connectivity index (χ2n) is 7.39. The zero-order valence-corrected chi connectivity index (χ0v) is 18.6. The first-order valence-electron chi connectivity index (χ1n) is 10.1. The Kier molecular flexibility index (Phi) is 6.68. The Labute approximate surface area is 204 Å². The van der Waals surface area contributed by atoms with Crippen LogP contribution >= 0.6 is 11.6 Å². The van der Waals surface area contributed by atoms with Gasteiger partial charge in [-0.3, -0.25) is 5.32 Å². The number of halogens is 7. The van der Waals surface area contributed by atoms with Gasteiger partial charge in [0.1, 0.15) is 5.75 Å². The highest BCUT2D eigenvalue weighted by Crippen LogP contribution is 2.35. The average molecular weight is 526 g/mol. The van der Waals surface area contributed by atoms with Crippen LogP contribution in [-0.2, 0) is 12.4 Å². The molecule has 1 aromatic heterocycles. The van der Waals surface area contributed by atoms with E-state index in [0.29, 0.717) is 5.56 Å². The zero-order valence-electron chi connectivity index (χ0n) is 17.9. The lowest BCUT2D eigenvalue weighted by Crippen LogP contribution is -2.17. The maximum Gasteiger partial charge on any atom is 0.435 e. The number of hydrogen-bond acceptors (Lipinski definition) is 3. The van der Waals surface area contributed by atoms with Crippen LogP contribution in [0.15, 0.2) is 78.9 Å². The summed E-state index contributed by atoms with van der Waals surface area (Å²) < 4.78 is 84.7. The maximum absolute atomic E-state index is 13.4. The van der Waals surface area contributed by atoms with Gasteiger partial charge < -0.3 is 4.74 Å². The van der Waals surface area contributed by atoms with Gasteiger partial charge in [-0.05, 0) is 60.7 Å². The zero-order chi connectivity index (χ0) is 26.1. The van der Waals surface area contributed by atoms with E-state index >= 15 is 0 Å². The number of para-hydroxylation sites is 1. The molecule has 0 atom stereocenters. The van der Waals surface area contributed by atoms with Crippen molar-refractivity contribution >= 4 is 23.4 Å². The largest absolute Gasteiger partial charge is 0.435 e. The van der Waals surface area contributed by atoms with Crippen molar-refractivity contribution < 1.29 is 35.9 Å². The van der Waals surface area contributed by atoms with Crippen LogP contribution in [-0.4, -0.2) is 15.9 Å². The van der Waals surface area contributed by atoms with Gasteiger partial charge >= 0.3 is 18.4 Å². The number of hydrogen-bond donors (Lipinski definition) is 1. The van der Waals surface area contributed by atoms with Crippen molar-refractivity contribution in [2.45, 2.75) is 12.4 Å². The molecule has 0 bridgehead atoms. The average Bonchev–Trinajstić information content (AvgIpc) is 3.25. The Hall–Kier alpha value is -3.99. The van der Waals surface area contributed by atoms with Crippen molar-refractivity contribution in [1.29, 1.82) is 0 Å². The second-order valence-corrected chi connectivity index (χ2v) is 7.80. The number of nitrogens with one attached hydrogen (secondary N) is 1. The van der Waals surface area contributed by atoms with Crippen molar-refractivity contribution in [3.63, 3.8) is 0 Å². The number of carbonyl (C=O) groups excluding carboxylic acids is 1. The molecular formula is C24H14ClF6N3O2. The normalized spacial score (nSPS) is 11.9. The van der Waals surface area contributed by atoms with E-state index in [-0.39, 0.29) is 27.8 Å². The van der Waals surface area contributed by atoms with Gasteiger partial charge in [0.15, 0.2) is 5.69 Å². The Morgan fingerprint density at radius 3 is 2.19 bits per heavy atom. The van der Waals surface area contributed by atoms with Gasteiger partial charge in [0.25, 0.3) is 0 Å². The summed E-state index contributed by atoms with van der Waals surface area (Å²) in [6, 6.07) is 16.5. The third kappa shape index (κ3) is 5.62. The Bertz CT molecular complexity index is 1400. The summed E-state index contributed by atoms with van der Waals surface area (Å²) in [4.78, 5) is 12.1. The lowest BCUT2D eigenvalue weighted by Gasteiger charge is -2.11. The number of nitrogens with zero attached hydrogens (tertiary/aromatic N) is 2. The molecular weight excluding hydrogens is 512 g/mol. The molecule has 4 aromatic rings. The molecule has 5 nitrogen and oxygen atoms in total. The minimum Gasteiger partial charge on any atom is -0.410 e. The van der Waals surface area contributed by atoms with Crippen LogP contribution in [0.2, 0.25) is 5.02 Å². The summed E-state index contributed by atoms with van der Waals surface area (Å²) in [5, 5.41) is 6.04. The Morgan fingerprint density at radius 1 is 0.861 bits per heavy atom. The topological polar surface area (TPSA) is 56.1 Å². The molecule has 0 fully saturated rings. The summed E-state index contributed by atoms with van der Waals surface area (Å²) >= 11 is 6.16. The van der Waals surface area contributed by atoms with Gasteiger partial charge in [-0.25, -0.2) is 9.48 Å². The quantitative estimate of drug-likeness (QED) is 0.276. The van der Waals surface area contributed by atoms with Crippen LogP contribution < -0.4 is 10.1 Å². The molecule has 0 saturated carbocycles. The minimum atomic E-state index is -4.70. The molecule has 1 amide bonds. The summed E-state index contributed by atoms with van der Waals surface area (Å²) in [6.45, 7) is 0. The highest BCUT2D eigenvalue weighted by Gasteiger charge is 2.35. The molecule has 12 heteroatoms. The van der Waals surface area contributed by atoms with Crippen molar-refractivity contribution in [2.24, 2.45) is 0 Å². The molecule has 0 radical (unpaired) electrons. The fourth-order valence-corrected chi connectivity index (χ4v) is 3.47. The molecule has 0 saturated heterocycles. The first-order chi connectivity index (χ1) is 16.9. The van der Waals surface area contributed by atoms with E-state index < -0.39 is 29.7 Å². The summed E-state index contributed by atoms with van der Waals surface area (Å²) in [5.41, 5.74) is -1.59. The van der Waals surface area contributed by atoms with E-state index in [2.05, 4.69) is 10.4 Å². The van der Waals surface area contributed by atoms with E-state index in [1.807, 2.05) is 0 Å². The van der Waals surface area contributed by atoms with Crippen LogP contribution in [0.5, 0.6) is 5.75 Å². The predicted octanol–water partition coefficient (Wildman–Crippen LogP) is 7.84. The number of ether oxygens (including phenoxy) is 1. The molecule has 0 aliphatic carbocycles. The number of amides is 1. The second kappa shape index (κ2) is 9.57. The third-order valence-corrected chi connectivity index (χ3v) is 5.20. The van der Waals surface area contributed by atoms with E-state index in [1.165, 1.54) is 42.5 Å². The summed E-state index contributed by atoms with van der Waals surface area (Å²) in [6.07, 6.45) is -10.3. The molecule has 0 aliphatic heterocycles. The highest BCUT2D eigenvalue weighted by molar-refractivity contribution is 6.32. The SMILES string of the molecule is O=C(Nc1cccc(C(F)(F)F)c1)Oc1ccc(-c2cc(C(F)(F)F)nn2-c2ccccc2Cl)cc1. The predicted molar refractivity (Wildman–Crippen MR) is 120 cm³/mol. The number of carbonyl (C=O) groups is 1. The van der Waals surface area contributed by atoms with Crippen LogP contribution in [0.3, 0.4) is 0 Å². The Balaban J connectivity index is 1.56. The van der Waals surface area contributed by atoms with Crippen molar-refractivity contribution in [3.8, 4) is 22.7 Å². The monoisotopic (exact) mass is 525 g/mol. The number of alkyl halides is 6. The van der Waals surface area contributed by atoms with Gasteiger partial charge in [-0.2, -0.15) is 31.4 Å². The molecule has 1 N–H and O–H groups in total. The lowest BCUT2D eigenvalue weighted by molar-refractivity contribution is -0.141. The first-order valence-corrected chi connectivity index (χ1v) is 10.5. The van der Waals surface area contributed by atoms with Crippen LogP contribution in [0.1, 0.15) is 11.3 Å². The van der Waals surface area contributed by atoms with Gasteiger partial charge in [0.2, 0.25) is 0 Å². The maximum atomic E-state index is 13.4. The van der Waals surface area contributed by atoms with E-state index in [1.54, 1.807) is 12.1 Å². The van der Waals surface area contributed by atoms with Crippen molar-refractivity contribution in [3.05, 3.63) is 95.1 Å². The number of benzene rings is 3. The number of rotatable bonds is 4.